The number of halogens is 1. The highest BCUT2D eigenvalue weighted by molar-refractivity contribution is 5.85. The first-order valence-corrected chi connectivity index (χ1v) is 8.09. The van der Waals surface area contributed by atoms with Gasteiger partial charge in [-0.05, 0) is 35.8 Å². The molecule has 1 aromatic rings. The van der Waals surface area contributed by atoms with Crippen molar-refractivity contribution in [2.75, 3.05) is 6.54 Å². The second kappa shape index (κ2) is 8.13. The van der Waals surface area contributed by atoms with Gasteiger partial charge in [0.05, 0.1) is 6.10 Å². The van der Waals surface area contributed by atoms with E-state index in [2.05, 4.69) is 26.1 Å². The van der Waals surface area contributed by atoms with E-state index in [0.29, 0.717) is 0 Å². The van der Waals surface area contributed by atoms with Crippen LogP contribution in [0.2, 0.25) is 0 Å². The van der Waals surface area contributed by atoms with Gasteiger partial charge < -0.3 is 16.2 Å². The molecule has 1 aliphatic carbocycles. The van der Waals surface area contributed by atoms with Gasteiger partial charge in [0.25, 0.3) is 0 Å². The van der Waals surface area contributed by atoms with Crippen molar-refractivity contribution in [2.45, 2.75) is 57.6 Å². The number of amides is 1. The van der Waals surface area contributed by atoms with E-state index in [4.69, 9.17) is 5.73 Å². The largest absolute Gasteiger partial charge is 0.387 e. The van der Waals surface area contributed by atoms with E-state index in [1.807, 2.05) is 24.3 Å². The minimum Gasteiger partial charge on any atom is -0.387 e. The third kappa shape index (κ3) is 5.48. The van der Waals surface area contributed by atoms with Gasteiger partial charge in [-0.25, -0.2) is 0 Å². The average Bonchev–Trinajstić information content (AvgIpc) is 2.90. The summed E-state index contributed by atoms with van der Waals surface area (Å²) in [5, 5.41) is 13.1. The molecule has 3 atom stereocenters. The molecule has 23 heavy (non-hydrogen) atoms. The van der Waals surface area contributed by atoms with Crippen LogP contribution in [0.5, 0.6) is 0 Å². The lowest BCUT2D eigenvalue weighted by molar-refractivity contribution is -0.125. The third-order valence-electron chi connectivity index (χ3n) is 4.48. The molecule has 2 rings (SSSR count). The van der Waals surface area contributed by atoms with Crippen molar-refractivity contribution < 1.29 is 9.90 Å². The van der Waals surface area contributed by atoms with Crippen LogP contribution in [0.25, 0.3) is 0 Å². The van der Waals surface area contributed by atoms with Crippen molar-refractivity contribution in [3.05, 3.63) is 35.4 Å². The maximum Gasteiger partial charge on any atom is 0.223 e. The monoisotopic (exact) mass is 340 g/mol. The first-order chi connectivity index (χ1) is 10.3. The molecule has 1 fully saturated rings. The second-order valence-electron chi connectivity index (χ2n) is 7.40. The molecule has 0 heterocycles. The van der Waals surface area contributed by atoms with Gasteiger partial charge in [-0.2, -0.15) is 0 Å². The lowest BCUT2D eigenvalue weighted by Crippen LogP contribution is -2.33. The second-order valence-corrected chi connectivity index (χ2v) is 7.40. The normalized spacial score (nSPS) is 22.3. The van der Waals surface area contributed by atoms with Crippen LogP contribution in [0.4, 0.5) is 0 Å². The maximum atomic E-state index is 12.0. The topological polar surface area (TPSA) is 75.3 Å². The fourth-order valence-electron chi connectivity index (χ4n) is 2.92. The van der Waals surface area contributed by atoms with Gasteiger partial charge in [0.1, 0.15) is 0 Å². The highest BCUT2D eigenvalue weighted by Gasteiger charge is 2.27. The molecule has 0 bridgehead atoms. The van der Waals surface area contributed by atoms with Crippen molar-refractivity contribution in [2.24, 2.45) is 11.7 Å². The van der Waals surface area contributed by atoms with E-state index in [9.17, 15) is 9.90 Å². The molecule has 0 aromatic heterocycles. The van der Waals surface area contributed by atoms with Crippen LogP contribution in [0.15, 0.2) is 24.3 Å². The highest BCUT2D eigenvalue weighted by atomic mass is 35.5. The summed E-state index contributed by atoms with van der Waals surface area (Å²) in [5.74, 6) is 0.0174. The third-order valence-corrected chi connectivity index (χ3v) is 4.48. The van der Waals surface area contributed by atoms with Crippen molar-refractivity contribution >= 4 is 18.3 Å². The van der Waals surface area contributed by atoms with Crippen molar-refractivity contribution in [3.8, 4) is 0 Å². The van der Waals surface area contributed by atoms with Crippen molar-refractivity contribution in [1.29, 1.82) is 0 Å². The summed E-state index contributed by atoms with van der Waals surface area (Å²) < 4.78 is 0. The van der Waals surface area contributed by atoms with E-state index in [-0.39, 0.29) is 42.2 Å². The van der Waals surface area contributed by atoms with Gasteiger partial charge >= 0.3 is 0 Å². The molecule has 4 nitrogen and oxygen atoms in total. The minimum atomic E-state index is -0.673. The summed E-state index contributed by atoms with van der Waals surface area (Å²) in [4.78, 5) is 12.0. The Morgan fingerprint density at radius 2 is 1.91 bits per heavy atom. The Bertz CT molecular complexity index is 511. The number of carbonyl (C=O) groups excluding carboxylic acids is 1. The van der Waals surface area contributed by atoms with Crippen LogP contribution < -0.4 is 11.1 Å². The SMILES string of the molecule is CC(C)(C)c1ccc(C(O)CNC(=O)C2CCC(N)C2)cc1.Cl. The molecule has 4 N–H and O–H groups in total. The molecule has 0 spiro atoms. The molecule has 3 unspecified atom stereocenters. The Balaban J connectivity index is 0.00000264. The summed E-state index contributed by atoms with van der Waals surface area (Å²) >= 11 is 0. The van der Waals surface area contributed by atoms with E-state index in [1.54, 1.807) is 0 Å². The van der Waals surface area contributed by atoms with Gasteiger partial charge in [-0.1, -0.05) is 45.0 Å². The minimum absolute atomic E-state index is 0. The van der Waals surface area contributed by atoms with Crippen LogP contribution in [0.1, 0.15) is 57.3 Å². The van der Waals surface area contributed by atoms with E-state index in [1.165, 1.54) is 5.56 Å². The predicted octanol–water partition coefficient (Wildman–Crippen LogP) is 2.68. The number of nitrogens with one attached hydrogen (secondary N) is 1. The molecule has 1 saturated carbocycles. The number of aliphatic hydroxyl groups is 1. The fourth-order valence-corrected chi connectivity index (χ4v) is 2.92. The summed E-state index contributed by atoms with van der Waals surface area (Å²) in [7, 11) is 0. The highest BCUT2D eigenvalue weighted by Crippen LogP contribution is 2.25. The molecule has 0 saturated heterocycles. The quantitative estimate of drug-likeness (QED) is 0.788. The molecule has 0 aliphatic heterocycles. The molecule has 1 aromatic carbocycles. The number of nitrogens with two attached hydrogens (primary N) is 1. The first-order valence-electron chi connectivity index (χ1n) is 8.09. The maximum absolute atomic E-state index is 12.0. The predicted molar refractivity (Wildman–Crippen MR) is 95.7 cm³/mol. The molecule has 5 heteroatoms. The molecule has 1 amide bonds. The van der Waals surface area contributed by atoms with Crippen molar-refractivity contribution in [1.82, 2.24) is 5.32 Å². The van der Waals surface area contributed by atoms with Crippen LogP contribution in [0.3, 0.4) is 0 Å². The Labute approximate surface area is 145 Å². The molecule has 1 aliphatic rings. The molecular formula is C18H29ClN2O2. The van der Waals surface area contributed by atoms with E-state index in [0.717, 1.165) is 24.8 Å². The van der Waals surface area contributed by atoms with Gasteiger partial charge in [0.15, 0.2) is 0 Å². The van der Waals surface area contributed by atoms with Crippen LogP contribution in [-0.2, 0) is 10.2 Å². The molecular weight excluding hydrogens is 312 g/mol. The fraction of sp³-hybridized carbons (Fsp3) is 0.611. The Morgan fingerprint density at radius 3 is 2.39 bits per heavy atom. The first kappa shape index (κ1) is 19.9. The Morgan fingerprint density at radius 1 is 1.30 bits per heavy atom. The van der Waals surface area contributed by atoms with Crippen LogP contribution in [-0.4, -0.2) is 23.6 Å². The molecule has 0 radical (unpaired) electrons. The Kier molecular flexibility index (Phi) is 7.05. The van der Waals surface area contributed by atoms with E-state index < -0.39 is 6.10 Å². The summed E-state index contributed by atoms with van der Waals surface area (Å²) in [6.07, 6.45) is 1.84. The average molecular weight is 341 g/mol. The summed E-state index contributed by atoms with van der Waals surface area (Å²) in [6.45, 7) is 6.72. The number of carbonyl (C=O) groups is 1. The smallest absolute Gasteiger partial charge is 0.223 e. The van der Waals surface area contributed by atoms with Crippen LogP contribution >= 0.6 is 12.4 Å². The lowest BCUT2D eigenvalue weighted by Gasteiger charge is -2.20. The standard InChI is InChI=1S/C18H28N2O2.ClH/c1-18(2,3)14-7-4-12(5-8-14)16(21)11-20-17(22)13-6-9-15(19)10-13;/h4-5,7-8,13,15-16,21H,6,9-11,19H2,1-3H3,(H,20,22);1H. The number of aliphatic hydroxyl groups excluding tert-OH is 1. The Hall–Kier alpha value is -1.10. The summed E-state index contributed by atoms with van der Waals surface area (Å²) in [5.41, 5.74) is 7.99. The van der Waals surface area contributed by atoms with Gasteiger partial charge in [0.2, 0.25) is 5.91 Å². The number of rotatable bonds is 4. The van der Waals surface area contributed by atoms with Gasteiger partial charge in [0, 0.05) is 18.5 Å². The van der Waals surface area contributed by atoms with Crippen molar-refractivity contribution in [3.63, 3.8) is 0 Å². The van der Waals surface area contributed by atoms with Crippen LogP contribution in [0, 0.1) is 5.92 Å². The number of hydrogen-bond acceptors (Lipinski definition) is 3. The summed E-state index contributed by atoms with van der Waals surface area (Å²) in [6, 6.07) is 8.09. The van der Waals surface area contributed by atoms with Gasteiger partial charge in [-0.15, -0.1) is 12.4 Å². The lowest BCUT2D eigenvalue weighted by atomic mass is 9.86. The van der Waals surface area contributed by atoms with E-state index >= 15 is 0 Å². The number of hydrogen-bond donors (Lipinski definition) is 3. The van der Waals surface area contributed by atoms with Gasteiger partial charge in [-0.3, -0.25) is 4.79 Å². The number of benzene rings is 1. The zero-order valence-electron chi connectivity index (χ0n) is 14.2. The molecule has 130 valence electrons. The zero-order valence-corrected chi connectivity index (χ0v) is 15.0. The zero-order chi connectivity index (χ0) is 16.3.